The number of nitrogens with one attached hydrogen (secondary N) is 1. The van der Waals surface area contributed by atoms with Crippen LogP contribution in [0.4, 0.5) is 42.1 Å². The van der Waals surface area contributed by atoms with Crippen molar-refractivity contribution in [3.05, 3.63) is 59.2 Å². The van der Waals surface area contributed by atoms with E-state index in [-0.39, 0.29) is 5.69 Å². The second-order valence-electron chi connectivity index (χ2n) is 3.99. The van der Waals surface area contributed by atoms with Gasteiger partial charge in [0.15, 0.2) is 23.3 Å². The van der Waals surface area contributed by atoms with Crippen LogP contribution in [0.25, 0.3) is 0 Å². The highest BCUT2D eigenvalue weighted by Crippen LogP contribution is 2.39. The van der Waals surface area contributed by atoms with Gasteiger partial charge in [-0.15, -0.1) is 0 Å². The average molecular weight is 309 g/mol. The second kappa shape index (κ2) is 5.27. The van der Waals surface area contributed by atoms with Crippen LogP contribution in [0, 0.1) is 23.3 Å². The molecule has 0 aliphatic rings. The van der Waals surface area contributed by atoms with Gasteiger partial charge in [-0.25, -0.2) is 17.6 Å². The minimum absolute atomic E-state index is 0.0499. The van der Waals surface area contributed by atoms with Crippen molar-refractivity contribution in [2.75, 3.05) is 5.32 Å². The lowest BCUT2D eigenvalue weighted by Crippen LogP contribution is -2.16. The molecule has 21 heavy (non-hydrogen) atoms. The van der Waals surface area contributed by atoms with Crippen LogP contribution in [0.15, 0.2) is 30.3 Å². The number of benzene rings is 2. The van der Waals surface area contributed by atoms with Crippen LogP contribution in [-0.4, -0.2) is 0 Å². The minimum atomic E-state index is -5.55. The first-order valence-corrected chi connectivity index (χ1v) is 5.48. The summed E-state index contributed by atoms with van der Waals surface area (Å²) in [6, 6.07) is 7.09. The summed E-state index contributed by atoms with van der Waals surface area (Å²) in [5.41, 5.74) is -3.88. The lowest BCUT2D eigenvalue weighted by Gasteiger charge is -2.15. The molecule has 0 atom stereocenters. The number of alkyl halides is 3. The number of anilines is 2. The molecule has 0 saturated carbocycles. The predicted molar refractivity (Wildman–Crippen MR) is 61.0 cm³/mol. The van der Waals surface area contributed by atoms with Crippen molar-refractivity contribution >= 4 is 11.4 Å². The van der Waals surface area contributed by atoms with E-state index in [4.69, 9.17) is 0 Å². The predicted octanol–water partition coefficient (Wildman–Crippen LogP) is 5.01. The van der Waals surface area contributed by atoms with Gasteiger partial charge in [0.25, 0.3) is 0 Å². The molecule has 0 aromatic heterocycles. The molecule has 0 amide bonds. The lowest BCUT2D eigenvalue weighted by atomic mass is 10.1. The summed E-state index contributed by atoms with van der Waals surface area (Å²) in [4.78, 5) is 0. The maximum absolute atomic E-state index is 13.6. The number of rotatable bonds is 2. The van der Waals surface area contributed by atoms with E-state index in [0.717, 1.165) is 0 Å². The fraction of sp³-hybridized carbons (Fsp3) is 0.0769. The van der Waals surface area contributed by atoms with E-state index >= 15 is 0 Å². The van der Waals surface area contributed by atoms with Crippen molar-refractivity contribution in [3.8, 4) is 0 Å². The van der Waals surface area contributed by atoms with Crippen molar-refractivity contribution in [1.29, 1.82) is 0 Å². The fourth-order valence-corrected chi connectivity index (χ4v) is 1.66. The largest absolute Gasteiger partial charge is 0.422 e. The summed E-state index contributed by atoms with van der Waals surface area (Å²) in [5, 5.41) is 2.00. The molecule has 2 rings (SSSR count). The minimum Gasteiger partial charge on any atom is -0.351 e. The SMILES string of the molecule is Fc1c(F)c(C(F)(F)F)c(F)c(F)c1Nc1ccccc1. The van der Waals surface area contributed by atoms with Gasteiger partial charge >= 0.3 is 6.18 Å². The van der Waals surface area contributed by atoms with Crippen molar-refractivity contribution in [3.63, 3.8) is 0 Å². The number of halogens is 7. The van der Waals surface area contributed by atoms with Gasteiger partial charge in [-0.2, -0.15) is 13.2 Å². The highest BCUT2D eigenvalue weighted by atomic mass is 19.4. The van der Waals surface area contributed by atoms with Gasteiger partial charge in [0.05, 0.1) is 0 Å². The Bertz CT molecular complexity index is 635. The van der Waals surface area contributed by atoms with Gasteiger partial charge in [0, 0.05) is 5.69 Å². The van der Waals surface area contributed by atoms with Gasteiger partial charge < -0.3 is 5.32 Å². The molecule has 1 N–H and O–H groups in total. The molecule has 2 aromatic carbocycles. The van der Waals surface area contributed by atoms with Crippen LogP contribution in [0.2, 0.25) is 0 Å². The Hall–Kier alpha value is -2.25. The van der Waals surface area contributed by atoms with Crippen molar-refractivity contribution in [2.24, 2.45) is 0 Å². The summed E-state index contributed by atoms with van der Waals surface area (Å²) >= 11 is 0. The quantitative estimate of drug-likeness (QED) is 0.607. The number of para-hydroxylation sites is 1. The van der Waals surface area contributed by atoms with Crippen LogP contribution in [0.1, 0.15) is 5.56 Å². The average Bonchev–Trinajstić information content (AvgIpc) is 2.41. The highest BCUT2D eigenvalue weighted by Gasteiger charge is 2.42. The summed E-state index contributed by atoms with van der Waals surface area (Å²) in [5.74, 6) is -9.30. The smallest absolute Gasteiger partial charge is 0.351 e. The topological polar surface area (TPSA) is 12.0 Å². The van der Waals surface area contributed by atoms with E-state index in [2.05, 4.69) is 0 Å². The van der Waals surface area contributed by atoms with Gasteiger partial charge in [-0.3, -0.25) is 0 Å². The van der Waals surface area contributed by atoms with Crippen molar-refractivity contribution in [1.82, 2.24) is 0 Å². The van der Waals surface area contributed by atoms with Gasteiger partial charge in [0.2, 0.25) is 0 Å². The molecule has 0 radical (unpaired) electrons. The fourth-order valence-electron chi connectivity index (χ4n) is 1.66. The Balaban J connectivity index is 2.60. The third-order valence-electron chi connectivity index (χ3n) is 2.59. The molecule has 0 unspecified atom stereocenters. The lowest BCUT2D eigenvalue weighted by molar-refractivity contribution is -0.143. The van der Waals surface area contributed by atoms with Gasteiger partial charge in [-0.05, 0) is 12.1 Å². The molecule has 112 valence electrons. The Morgan fingerprint density at radius 1 is 0.714 bits per heavy atom. The maximum atomic E-state index is 13.6. The van der Waals surface area contributed by atoms with E-state index in [9.17, 15) is 30.7 Å². The zero-order valence-corrected chi connectivity index (χ0v) is 10.0. The molecule has 0 bridgehead atoms. The summed E-state index contributed by atoms with van der Waals surface area (Å²) < 4.78 is 91.1. The number of hydrogen-bond acceptors (Lipinski definition) is 1. The zero-order chi connectivity index (χ0) is 15.8. The van der Waals surface area contributed by atoms with E-state index in [1.807, 2.05) is 5.32 Å². The van der Waals surface area contributed by atoms with Crippen LogP contribution in [0.5, 0.6) is 0 Å². The molecule has 0 aliphatic heterocycles. The summed E-state index contributed by atoms with van der Waals surface area (Å²) in [6.45, 7) is 0. The van der Waals surface area contributed by atoms with Crippen molar-refractivity contribution in [2.45, 2.75) is 6.18 Å². The van der Waals surface area contributed by atoms with Crippen LogP contribution >= 0.6 is 0 Å². The monoisotopic (exact) mass is 309 g/mol. The Kier molecular flexibility index (Phi) is 3.80. The molecule has 8 heteroatoms. The van der Waals surface area contributed by atoms with Crippen LogP contribution in [0.3, 0.4) is 0 Å². The molecule has 0 aliphatic carbocycles. The van der Waals surface area contributed by atoms with E-state index < -0.39 is 40.7 Å². The molecular weight excluding hydrogens is 303 g/mol. The standard InChI is InChI=1S/C13H6F7N/c14-8-7(13(18,19)20)9(15)11(17)12(10(8)16)21-6-4-2-1-3-5-6/h1-5,21H. The van der Waals surface area contributed by atoms with E-state index in [1.54, 1.807) is 6.07 Å². The van der Waals surface area contributed by atoms with E-state index in [1.165, 1.54) is 24.3 Å². The second-order valence-corrected chi connectivity index (χ2v) is 3.99. The van der Waals surface area contributed by atoms with Gasteiger partial charge in [-0.1, -0.05) is 18.2 Å². The maximum Gasteiger partial charge on any atom is 0.422 e. The molecule has 0 spiro atoms. The molecule has 0 fully saturated rings. The first kappa shape index (κ1) is 15.1. The normalized spacial score (nSPS) is 11.6. The van der Waals surface area contributed by atoms with Crippen molar-refractivity contribution < 1.29 is 30.7 Å². The number of hydrogen-bond donors (Lipinski definition) is 1. The zero-order valence-electron chi connectivity index (χ0n) is 10.0. The van der Waals surface area contributed by atoms with E-state index in [0.29, 0.717) is 0 Å². The molecule has 2 aromatic rings. The Morgan fingerprint density at radius 2 is 1.19 bits per heavy atom. The van der Waals surface area contributed by atoms with Crippen LogP contribution in [-0.2, 0) is 6.18 Å². The third kappa shape index (κ3) is 2.79. The molecular formula is C13H6F7N. The van der Waals surface area contributed by atoms with Gasteiger partial charge in [0.1, 0.15) is 11.3 Å². The first-order chi connectivity index (χ1) is 9.73. The van der Waals surface area contributed by atoms with Crippen LogP contribution < -0.4 is 5.32 Å². The first-order valence-electron chi connectivity index (χ1n) is 5.48. The Labute approximate surface area is 114 Å². The molecule has 0 heterocycles. The summed E-state index contributed by atoms with van der Waals surface area (Å²) in [7, 11) is 0. The summed E-state index contributed by atoms with van der Waals surface area (Å²) in [6.07, 6.45) is -5.55. The highest BCUT2D eigenvalue weighted by molar-refractivity contribution is 5.62. The third-order valence-corrected chi connectivity index (χ3v) is 2.59. The molecule has 0 saturated heterocycles. The Morgan fingerprint density at radius 3 is 1.62 bits per heavy atom. The molecule has 1 nitrogen and oxygen atoms in total.